The van der Waals surface area contributed by atoms with Crippen LogP contribution in [0.2, 0.25) is 0 Å². The molecule has 0 fully saturated rings. The number of aryl methyl sites for hydroxylation is 1. The minimum absolute atomic E-state index is 0.0398. The zero-order valence-electron chi connectivity index (χ0n) is 12.5. The normalized spacial score (nSPS) is 11.5. The van der Waals surface area contributed by atoms with E-state index in [0.29, 0.717) is 11.1 Å². The molecule has 0 aliphatic carbocycles. The van der Waals surface area contributed by atoms with Crippen LogP contribution in [0.3, 0.4) is 0 Å². The molecule has 0 bridgehead atoms. The second kappa shape index (κ2) is 5.92. The Hall–Kier alpha value is -2.96. The number of hydrogen-bond acceptors (Lipinski definition) is 3. The molecule has 1 N–H and O–H groups in total. The van der Waals surface area contributed by atoms with Crippen molar-refractivity contribution < 1.29 is 27.1 Å². The number of benzene rings is 2. The number of fused-ring (bicyclic) bond motifs is 1. The van der Waals surface area contributed by atoms with Gasteiger partial charge in [0.15, 0.2) is 11.5 Å². The third kappa shape index (κ3) is 3.19. The van der Waals surface area contributed by atoms with Crippen molar-refractivity contribution in [2.75, 3.05) is 5.32 Å². The SMILES string of the molecule is Cc1c(C(=O)Nc2ccccc2OC(F)(F)F)oc2ccccc12. The molecule has 1 aromatic heterocycles. The van der Waals surface area contributed by atoms with E-state index in [-0.39, 0.29) is 11.4 Å². The van der Waals surface area contributed by atoms with Gasteiger partial charge in [-0.3, -0.25) is 4.79 Å². The Morgan fingerprint density at radius 3 is 2.46 bits per heavy atom. The first-order valence-corrected chi connectivity index (χ1v) is 6.99. The van der Waals surface area contributed by atoms with Crippen LogP contribution in [0.4, 0.5) is 18.9 Å². The summed E-state index contributed by atoms with van der Waals surface area (Å²) in [5.41, 5.74) is 1.04. The van der Waals surface area contributed by atoms with Gasteiger partial charge in [-0.25, -0.2) is 0 Å². The number of carbonyl (C=O) groups is 1. The number of amides is 1. The maximum absolute atomic E-state index is 12.4. The molecule has 24 heavy (non-hydrogen) atoms. The summed E-state index contributed by atoms with van der Waals surface area (Å²) in [5, 5.41) is 3.16. The monoisotopic (exact) mass is 335 g/mol. The molecule has 0 saturated carbocycles. The predicted octanol–water partition coefficient (Wildman–Crippen LogP) is 4.89. The smallest absolute Gasteiger partial charge is 0.451 e. The van der Waals surface area contributed by atoms with E-state index in [1.807, 2.05) is 0 Å². The summed E-state index contributed by atoms with van der Waals surface area (Å²) in [4.78, 5) is 12.4. The summed E-state index contributed by atoms with van der Waals surface area (Å²) in [7, 11) is 0. The number of rotatable bonds is 3. The van der Waals surface area contributed by atoms with E-state index >= 15 is 0 Å². The van der Waals surface area contributed by atoms with Crippen molar-refractivity contribution in [1.82, 2.24) is 0 Å². The molecule has 2 aromatic carbocycles. The van der Waals surface area contributed by atoms with Gasteiger partial charge in [-0.15, -0.1) is 13.2 Å². The Kier molecular flexibility index (Phi) is 3.92. The fraction of sp³-hybridized carbons (Fsp3) is 0.118. The Balaban J connectivity index is 1.91. The fourth-order valence-corrected chi connectivity index (χ4v) is 2.35. The molecule has 4 nitrogen and oxygen atoms in total. The quantitative estimate of drug-likeness (QED) is 0.741. The van der Waals surface area contributed by atoms with Crippen LogP contribution in [0.25, 0.3) is 11.0 Å². The van der Waals surface area contributed by atoms with Gasteiger partial charge in [0.1, 0.15) is 5.58 Å². The van der Waals surface area contributed by atoms with Crippen LogP contribution < -0.4 is 10.1 Å². The standard InChI is InChI=1S/C17H12F3NO3/c1-10-11-6-2-4-8-13(11)23-15(10)16(22)21-12-7-3-5-9-14(12)24-17(18,19)20/h2-9H,1H3,(H,21,22). The van der Waals surface area contributed by atoms with Crippen molar-refractivity contribution in [3.8, 4) is 5.75 Å². The van der Waals surface area contributed by atoms with Crippen LogP contribution in [0.5, 0.6) is 5.75 Å². The minimum atomic E-state index is -4.85. The number of carbonyl (C=O) groups excluding carboxylic acids is 1. The lowest BCUT2D eigenvalue weighted by Gasteiger charge is -2.13. The van der Waals surface area contributed by atoms with Gasteiger partial charge < -0.3 is 14.5 Å². The Morgan fingerprint density at radius 2 is 1.75 bits per heavy atom. The number of para-hydroxylation sites is 3. The van der Waals surface area contributed by atoms with Crippen LogP contribution in [-0.2, 0) is 0 Å². The van der Waals surface area contributed by atoms with Gasteiger partial charge in [-0.05, 0) is 25.1 Å². The molecule has 0 unspecified atom stereocenters. The van der Waals surface area contributed by atoms with Gasteiger partial charge in [0.2, 0.25) is 0 Å². The summed E-state index contributed by atoms with van der Waals surface area (Å²) in [5.74, 6) is -1.10. The topological polar surface area (TPSA) is 51.5 Å². The van der Waals surface area contributed by atoms with Crippen LogP contribution in [-0.4, -0.2) is 12.3 Å². The van der Waals surface area contributed by atoms with Crippen LogP contribution >= 0.6 is 0 Å². The summed E-state index contributed by atoms with van der Waals surface area (Å²) < 4.78 is 46.7. The molecule has 0 atom stereocenters. The number of ether oxygens (including phenoxy) is 1. The highest BCUT2D eigenvalue weighted by Gasteiger charge is 2.32. The molecule has 0 radical (unpaired) electrons. The second-order valence-electron chi connectivity index (χ2n) is 5.05. The molecule has 1 amide bonds. The average molecular weight is 335 g/mol. The van der Waals surface area contributed by atoms with Gasteiger partial charge >= 0.3 is 6.36 Å². The lowest BCUT2D eigenvalue weighted by Crippen LogP contribution is -2.19. The summed E-state index contributed by atoms with van der Waals surface area (Å²) in [6.07, 6.45) is -4.85. The molecule has 124 valence electrons. The number of furan rings is 1. The Morgan fingerprint density at radius 1 is 1.08 bits per heavy atom. The minimum Gasteiger partial charge on any atom is -0.451 e. The third-order valence-electron chi connectivity index (χ3n) is 3.41. The highest BCUT2D eigenvalue weighted by molar-refractivity contribution is 6.07. The first-order valence-electron chi connectivity index (χ1n) is 6.99. The zero-order chi connectivity index (χ0) is 17.3. The number of nitrogens with one attached hydrogen (secondary N) is 1. The van der Waals surface area contributed by atoms with Crippen molar-refractivity contribution in [1.29, 1.82) is 0 Å². The summed E-state index contributed by atoms with van der Waals surface area (Å²) in [6.45, 7) is 1.71. The number of alkyl halides is 3. The van der Waals surface area contributed by atoms with Crippen molar-refractivity contribution in [2.45, 2.75) is 13.3 Å². The summed E-state index contributed by atoms with van der Waals surface area (Å²) >= 11 is 0. The lowest BCUT2D eigenvalue weighted by atomic mass is 10.1. The lowest BCUT2D eigenvalue weighted by molar-refractivity contribution is -0.274. The van der Waals surface area contributed by atoms with Gasteiger partial charge in [-0.2, -0.15) is 0 Å². The molecule has 0 saturated heterocycles. The van der Waals surface area contributed by atoms with Crippen LogP contribution in [0.15, 0.2) is 52.9 Å². The van der Waals surface area contributed by atoms with E-state index in [4.69, 9.17) is 4.42 Å². The van der Waals surface area contributed by atoms with E-state index < -0.39 is 18.0 Å². The maximum Gasteiger partial charge on any atom is 0.573 e. The number of anilines is 1. The molecular formula is C17H12F3NO3. The zero-order valence-corrected chi connectivity index (χ0v) is 12.5. The van der Waals surface area contributed by atoms with E-state index in [1.54, 1.807) is 31.2 Å². The number of hydrogen-bond donors (Lipinski definition) is 1. The second-order valence-corrected chi connectivity index (χ2v) is 5.05. The largest absolute Gasteiger partial charge is 0.573 e. The van der Waals surface area contributed by atoms with Gasteiger partial charge in [-0.1, -0.05) is 30.3 Å². The highest BCUT2D eigenvalue weighted by atomic mass is 19.4. The molecular weight excluding hydrogens is 323 g/mol. The molecule has 0 aliphatic rings. The first kappa shape index (κ1) is 15.9. The van der Waals surface area contributed by atoms with Crippen molar-refractivity contribution >= 4 is 22.6 Å². The third-order valence-corrected chi connectivity index (χ3v) is 3.41. The van der Waals surface area contributed by atoms with Crippen molar-refractivity contribution in [3.05, 3.63) is 59.9 Å². The number of halogens is 3. The van der Waals surface area contributed by atoms with Crippen molar-refractivity contribution in [2.24, 2.45) is 0 Å². The first-order chi connectivity index (χ1) is 11.3. The summed E-state index contributed by atoms with van der Waals surface area (Å²) in [6, 6.07) is 12.4. The van der Waals surface area contributed by atoms with E-state index in [2.05, 4.69) is 10.1 Å². The molecule has 0 aliphatic heterocycles. The van der Waals surface area contributed by atoms with Gasteiger partial charge in [0, 0.05) is 10.9 Å². The van der Waals surface area contributed by atoms with E-state index in [1.165, 1.54) is 18.2 Å². The van der Waals surface area contributed by atoms with E-state index in [0.717, 1.165) is 11.5 Å². The highest BCUT2D eigenvalue weighted by Crippen LogP contribution is 2.31. The van der Waals surface area contributed by atoms with Crippen LogP contribution in [0, 0.1) is 6.92 Å². The van der Waals surface area contributed by atoms with Gasteiger partial charge in [0.25, 0.3) is 5.91 Å². The molecule has 0 spiro atoms. The predicted molar refractivity (Wildman–Crippen MR) is 82.0 cm³/mol. The molecule has 3 aromatic rings. The molecule has 1 heterocycles. The van der Waals surface area contributed by atoms with E-state index in [9.17, 15) is 18.0 Å². The average Bonchev–Trinajstić information content (AvgIpc) is 2.85. The molecule has 3 rings (SSSR count). The Bertz CT molecular complexity index is 899. The van der Waals surface area contributed by atoms with Crippen LogP contribution in [0.1, 0.15) is 16.1 Å². The Labute approximate surface area is 134 Å². The van der Waals surface area contributed by atoms with Gasteiger partial charge in [0.05, 0.1) is 5.69 Å². The van der Waals surface area contributed by atoms with Crippen molar-refractivity contribution in [3.63, 3.8) is 0 Å². The fourth-order valence-electron chi connectivity index (χ4n) is 2.35. The molecule has 7 heteroatoms. The maximum atomic E-state index is 12.4.